The van der Waals surface area contributed by atoms with E-state index in [4.69, 9.17) is 0 Å². The van der Waals surface area contributed by atoms with Gasteiger partial charge in [-0.05, 0) is 48.9 Å². The van der Waals surface area contributed by atoms with Gasteiger partial charge in [-0.3, -0.25) is 9.48 Å². The number of aryl methyl sites for hydroxylation is 1. The van der Waals surface area contributed by atoms with E-state index in [1.807, 2.05) is 6.92 Å². The zero-order chi connectivity index (χ0) is 18.7. The SMILES string of the molecule is CCn1nc(C(=O)NCc2cccc(F)c2)cc1-c1ccc(F)c(F)c1. The number of rotatable bonds is 5. The van der Waals surface area contributed by atoms with E-state index in [9.17, 15) is 18.0 Å². The summed E-state index contributed by atoms with van der Waals surface area (Å²) in [5.74, 6) is -2.73. The Bertz CT molecular complexity index is 953. The minimum atomic E-state index is -0.969. The van der Waals surface area contributed by atoms with Crippen LogP contribution in [0.25, 0.3) is 11.3 Å². The number of hydrogen-bond donors (Lipinski definition) is 1. The first-order valence-electron chi connectivity index (χ1n) is 8.04. The van der Waals surface area contributed by atoms with E-state index < -0.39 is 17.5 Å². The Morgan fingerprint density at radius 1 is 1.08 bits per heavy atom. The summed E-state index contributed by atoms with van der Waals surface area (Å²) in [6, 6.07) is 10.9. The van der Waals surface area contributed by atoms with Gasteiger partial charge in [0.15, 0.2) is 17.3 Å². The van der Waals surface area contributed by atoms with Crippen molar-refractivity contribution in [3.63, 3.8) is 0 Å². The van der Waals surface area contributed by atoms with Gasteiger partial charge in [0.2, 0.25) is 0 Å². The quantitative estimate of drug-likeness (QED) is 0.751. The third-order valence-corrected chi connectivity index (χ3v) is 3.87. The highest BCUT2D eigenvalue weighted by Crippen LogP contribution is 2.23. The topological polar surface area (TPSA) is 46.9 Å². The lowest BCUT2D eigenvalue weighted by Gasteiger charge is -2.04. The van der Waals surface area contributed by atoms with Crippen LogP contribution in [0.2, 0.25) is 0 Å². The van der Waals surface area contributed by atoms with Gasteiger partial charge >= 0.3 is 0 Å². The Morgan fingerprint density at radius 3 is 2.58 bits per heavy atom. The number of halogens is 3. The number of carbonyl (C=O) groups excluding carboxylic acids is 1. The van der Waals surface area contributed by atoms with Crippen LogP contribution in [0.5, 0.6) is 0 Å². The van der Waals surface area contributed by atoms with Crippen LogP contribution in [0, 0.1) is 17.5 Å². The van der Waals surface area contributed by atoms with Crippen molar-refractivity contribution in [3.05, 3.63) is 77.2 Å². The highest BCUT2D eigenvalue weighted by atomic mass is 19.2. The smallest absolute Gasteiger partial charge is 0.272 e. The summed E-state index contributed by atoms with van der Waals surface area (Å²) in [4.78, 5) is 12.3. The lowest BCUT2D eigenvalue weighted by Crippen LogP contribution is -2.23. The summed E-state index contributed by atoms with van der Waals surface area (Å²) in [6.45, 7) is 2.42. The van der Waals surface area contributed by atoms with Gasteiger partial charge in [0.1, 0.15) is 5.82 Å². The average Bonchev–Trinajstić information content (AvgIpc) is 3.06. The summed E-state index contributed by atoms with van der Waals surface area (Å²) in [5.41, 5.74) is 1.68. The zero-order valence-electron chi connectivity index (χ0n) is 14.0. The molecule has 0 atom stereocenters. The number of nitrogens with one attached hydrogen (secondary N) is 1. The molecular weight excluding hydrogens is 343 g/mol. The largest absolute Gasteiger partial charge is 0.347 e. The first-order chi connectivity index (χ1) is 12.5. The summed E-state index contributed by atoms with van der Waals surface area (Å²) < 4.78 is 41.3. The van der Waals surface area contributed by atoms with Gasteiger partial charge in [-0.25, -0.2) is 13.2 Å². The third-order valence-electron chi connectivity index (χ3n) is 3.87. The summed E-state index contributed by atoms with van der Waals surface area (Å²) >= 11 is 0. The van der Waals surface area contributed by atoms with E-state index >= 15 is 0 Å². The van der Waals surface area contributed by atoms with Gasteiger partial charge in [-0.15, -0.1) is 0 Å². The summed E-state index contributed by atoms with van der Waals surface area (Å²) in [5, 5.41) is 6.86. The highest BCUT2D eigenvalue weighted by molar-refractivity contribution is 5.93. The highest BCUT2D eigenvalue weighted by Gasteiger charge is 2.16. The Labute approximate surface area is 148 Å². The minimum absolute atomic E-state index is 0.142. The molecule has 0 saturated carbocycles. The molecule has 1 amide bonds. The van der Waals surface area contributed by atoms with Crippen LogP contribution < -0.4 is 5.32 Å². The first kappa shape index (κ1) is 17.7. The lowest BCUT2D eigenvalue weighted by atomic mass is 10.1. The second-order valence-corrected chi connectivity index (χ2v) is 5.67. The molecule has 0 aliphatic rings. The molecule has 0 unspecified atom stereocenters. The first-order valence-corrected chi connectivity index (χ1v) is 8.04. The van der Waals surface area contributed by atoms with Crippen LogP contribution in [0.3, 0.4) is 0 Å². The lowest BCUT2D eigenvalue weighted by molar-refractivity contribution is 0.0945. The van der Waals surface area contributed by atoms with E-state index in [0.717, 1.165) is 12.1 Å². The molecule has 0 fully saturated rings. The van der Waals surface area contributed by atoms with E-state index in [2.05, 4.69) is 10.4 Å². The summed E-state index contributed by atoms with van der Waals surface area (Å²) in [7, 11) is 0. The van der Waals surface area contributed by atoms with Crippen molar-refractivity contribution >= 4 is 5.91 Å². The Hall–Kier alpha value is -3.09. The Kier molecular flexibility index (Phi) is 5.06. The van der Waals surface area contributed by atoms with Crippen molar-refractivity contribution in [2.24, 2.45) is 0 Å². The van der Waals surface area contributed by atoms with Gasteiger partial charge in [0, 0.05) is 18.7 Å². The molecule has 2 aromatic carbocycles. The normalized spacial score (nSPS) is 10.8. The minimum Gasteiger partial charge on any atom is -0.347 e. The van der Waals surface area contributed by atoms with Crippen molar-refractivity contribution in [3.8, 4) is 11.3 Å². The predicted octanol–water partition coefficient (Wildman–Crippen LogP) is 3.92. The zero-order valence-corrected chi connectivity index (χ0v) is 14.0. The van der Waals surface area contributed by atoms with E-state index in [-0.39, 0.29) is 18.1 Å². The van der Waals surface area contributed by atoms with E-state index in [1.165, 1.54) is 28.9 Å². The summed E-state index contributed by atoms with van der Waals surface area (Å²) in [6.07, 6.45) is 0. The van der Waals surface area contributed by atoms with Crippen molar-refractivity contribution in [2.75, 3.05) is 0 Å². The maximum atomic E-state index is 13.5. The van der Waals surface area contributed by atoms with Crippen molar-refractivity contribution < 1.29 is 18.0 Å². The van der Waals surface area contributed by atoms with E-state index in [0.29, 0.717) is 23.4 Å². The fourth-order valence-corrected chi connectivity index (χ4v) is 2.58. The molecule has 1 N–H and O–H groups in total. The molecule has 0 bridgehead atoms. The molecule has 1 aromatic heterocycles. The fourth-order valence-electron chi connectivity index (χ4n) is 2.58. The fraction of sp³-hybridized carbons (Fsp3) is 0.158. The molecule has 0 aliphatic heterocycles. The molecule has 4 nitrogen and oxygen atoms in total. The number of hydrogen-bond acceptors (Lipinski definition) is 2. The molecule has 0 saturated heterocycles. The molecule has 0 spiro atoms. The monoisotopic (exact) mass is 359 g/mol. The molecular formula is C19H16F3N3O. The number of nitrogens with zero attached hydrogens (tertiary/aromatic N) is 2. The van der Waals surface area contributed by atoms with Gasteiger partial charge < -0.3 is 5.32 Å². The molecule has 134 valence electrons. The average molecular weight is 359 g/mol. The standard InChI is InChI=1S/C19H16F3N3O/c1-2-25-18(13-6-7-15(21)16(22)9-13)10-17(24-25)19(26)23-11-12-4-3-5-14(20)8-12/h3-10H,2,11H2,1H3,(H,23,26). The molecule has 3 rings (SSSR count). The van der Waals surface area contributed by atoms with Gasteiger partial charge in [0.05, 0.1) is 5.69 Å². The van der Waals surface area contributed by atoms with Crippen LogP contribution in [-0.2, 0) is 13.1 Å². The van der Waals surface area contributed by atoms with Gasteiger partial charge in [0.25, 0.3) is 5.91 Å². The van der Waals surface area contributed by atoms with E-state index in [1.54, 1.807) is 12.1 Å². The van der Waals surface area contributed by atoms with Crippen LogP contribution in [-0.4, -0.2) is 15.7 Å². The predicted molar refractivity (Wildman–Crippen MR) is 90.8 cm³/mol. The number of benzene rings is 2. The molecule has 1 heterocycles. The number of aromatic nitrogens is 2. The molecule has 3 aromatic rings. The van der Waals surface area contributed by atoms with Gasteiger partial charge in [-0.2, -0.15) is 5.10 Å². The van der Waals surface area contributed by atoms with Crippen molar-refractivity contribution in [2.45, 2.75) is 20.0 Å². The van der Waals surface area contributed by atoms with Gasteiger partial charge in [-0.1, -0.05) is 12.1 Å². The van der Waals surface area contributed by atoms with Crippen molar-refractivity contribution in [1.29, 1.82) is 0 Å². The van der Waals surface area contributed by atoms with Crippen LogP contribution in [0.15, 0.2) is 48.5 Å². The van der Waals surface area contributed by atoms with Crippen LogP contribution >= 0.6 is 0 Å². The Morgan fingerprint density at radius 2 is 1.88 bits per heavy atom. The molecule has 0 aliphatic carbocycles. The van der Waals surface area contributed by atoms with Crippen LogP contribution in [0.4, 0.5) is 13.2 Å². The van der Waals surface area contributed by atoms with Crippen LogP contribution in [0.1, 0.15) is 23.0 Å². The third kappa shape index (κ3) is 3.77. The maximum absolute atomic E-state index is 13.5. The number of amides is 1. The molecule has 26 heavy (non-hydrogen) atoms. The number of carbonyl (C=O) groups is 1. The van der Waals surface area contributed by atoms with Crippen molar-refractivity contribution in [1.82, 2.24) is 15.1 Å². The maximum Gasteiger partial charge on any atom is 0.272 e. The second-order valence-electron chi connectivity index (χ2n) is 5.67. The Balaban J connectivity index is 1.81. The molecule has 7 heteroatoms. The molecule has 0 radical (unpaired) electrons. The second kappa shape index (κ2) is 7.43.